The van der Waals surface area contributed by atoms with E-state index in [9.17, 15) is 0 Å². The van der Waals surface area contributed by atoms with E-state index in [0.29, 0.717) is 11.5 Å². The van der Waals surface area contributed by atoms with Crippen molar-refractivity contribution in [2.24, 2.45) is 10.8 Å². The number of hydrogen-bond acceptors (Lipinski definition) is 2. The number of halogens is 1. The Bertz CT molecular complexity index is 1090. The number of benzene rings is 1. The molecule has 0 saturated heterocycles. The predicted octanol–water partition coefficient (Wildman–Crippen LogP) is 10.7. The first-order valence-electron chi connectivity index (χ1n) is 12.9. The molecule has 1 aromatic rings. The molecule has 194 valence electrons. The van der Waals surface area contributed by atoms with Crippen molar-refractivity contribution in [1.82, 2.24) is 0 Å². The summed E-state index contributed by atoms with van der Waals surface area (Å²) in [6.45, 7) is 28.7. The Morgan fingerprint density at radius 2 is 1.40 bits per heavy atom. The Labute approximate surface area is 215 Å². The largest absolute Gasteiger partial charge is 0.505 e. The third-order valence-corrected chi connectivity index (χ3v) is 7.76. The average molecular weight is 501 g/mol. The van der Waals surface area contributed by atoms with Gasteiger partial charge >= 0.3 is 8.69 Å². The molecule has 3 rings (SSSR count). The predicted molar refractivity (Wildman–Crippen MR) is 149 cm³/mol. The fraction of sp³-hybridized carbons (Fsp3) is 0.613. The van der Waals surface area contributed by atoms with Crippen LogP contribution in [0.5, 0.6) is 5.75 Å². The highest BCUT2D eigenvalue weighted by molar-refractivity contribution is 7.41. The summed E-state index contributed by atoms with van der Waals surface area (Å²) in [4.78, 5) is 0. The Kier molecular flexibility index (Phi) is 7.24. The summed E-state index contributed by atoms with van der Waals surface area (Å²) in [7, 11) is -2.63. The van der Waals surface area contributed by atoms with Crippen LogP contribution in [0.2, 0.25) is 0 Å². The molecular formula is C31H46FO2P. The van der Waals surface area contributed by atoms with Gasteiger partial charge < -0.3 is 9.05 Å². The number of rotatable bonds is 1. The Morgan fingerprint density at radius 1 is 0.800 bits per heavy atom. The summed E-state index contributed by atoms with van der Waals surface area (Å²) in [5.41, 5.74) is 7.57. The molecule has 1 heterocycles. The zero-order valence-electron chi connectivity index (χ0n) is 24.3. The van der Waals surface area contributed by atoms with E-state index in [-0.39, 0.29) is 21.7 Å². The van der Waals surface area contributed by atoms with Crippen molar-refractivity contribution in [3.63, 3.8) is 0 Å². The summed E-state index contributed by atoms with van der Waals surface area (Å²) in [5.74, 6) is 1.33. The number of hydrogen-bond donors (Lipinski definition) is 0. The lowest BCUT2D eigenvalue weighted by Gasteiger charge is -2.37. The normalized spacial score (nSPS) is 21.9. The van der Waals surface area contributed by atoms with E-state index in [1.807, 2.05) is 0 Å². The van der Waals surface area contributed by atoms with Crippen LogP contribution in [-0.2, 0) is 15.4 Å². The van der Waals surface area contributed by atoms with Crippen LogP contribution < -0.4 is 4.52 Å². The molecule has 1 aromatic carbocycles. The van der Waals surface area contributed by atoms with Gasteiger partial charge in [-0.2, -0.15) is 0 Å². The van der Waals surface area contributed by atoms with Crippen molar-refractivity contribution < 1.29 is 13.2 Å². The first-order valence-corrected chi connectivity index (χ1v) is 14.0. The molecule has 0 fully saturated rings. The van der Waals surface area contributed by atoms with Gasteiger partial charge in [0.15, 0.2) is 0 Å². The van der Waals surface area contributed by atoms with Crippen LogP contribution in [0.4, 0.5) is 4.20 Å². The van der Waals surface area contributed by atoms with E-state index >= 15 is 4.20 Å². The molecule has 0 N–H and O–H groups in total. The highest BCUT2D eigenvalue weighted by Crippen LogP contribution is 2.57. The summed E-state index contributed by atoms with van der Waals surface area (Å²) >= 11 is 0. The minimum absolute atomic E-state index is 0.000143. The van der Waals surface area contributed by atoms with Crippen molar-refractivity contribution in [3.05, 3.63) is 57.4 Å². The highest BCUT2D eigenvalue weighted by Gasteiger charge is 2.38. The van der Waals surface area contributed by atoms with Crippen LogP contribution in [-0.4, -0.2) is 0 Å². The zero-order valence-corrected chi connectivity index (χ0v) is 25.2. The van der Waals surface area contributed by atoms with Gasteiger partial charge in [-0.15, -0.1) is 4.20 Å². The maximum atomic E-state index is 15.6. The quantitative estimate of drug-likeness (QED) is 0.357. The second kappa shape index (κ2) is 9.05. The first-order chi connectivity index (χ1) is 15.7. The molecule has 1 atom stereocenters. The molecule has 1 aliphatic heterocycles. The molecule has 0 amide bonds. The zero-order chi connectivity index (χ0) is 26.7. The third kappa shape index (κ3) is 5.71. The van der Waals surface area contributed by atoms with Gasteiger partial charge in [-0.3, -0.25) is 0 Å². The van der Waals surface area contributed by atoms with Gasteiger partial charge in [0, 0.05) is 22.3 Å². The fourth-order valence-corrected chi connectivity index (χ4v) is 5.51. The van der Waals surface area contributed by atoms with E-state index in [2.05, 4.69) is 108 Å². The Hall–Kier alpha value is -1.60. The van der Waals surface area contributed by atoms with Crippen LogP contribution in [0.3, 0.4) is 0 Å². The van der Waals surface area contributed by atoms with Gasteiger partial charge in [-0.25, -0.2) is 0 Å². The Morgan fingerprint density at radius 3 is 1.86 bits per heavy atom. The van der Waals surface area contributed by atoms with Crippen LogP contribution in [0.25, 0.3) is 5.57 Å². The summed E-state index contributed by atoms with van der Waals surface area (Å²) < 4.78 is 27.8. The maximum absolute atomic E-state index is 15.6. The SMILES string of the molecule is CC/C1=C2\CC(C(C)(C)C)=CC(C(C)(C)C)=C2OP(F)Oc2c1cc(C(C)(C)C)cc2C(C)(C)C. The lowest BCUT2D eigenvalue weighted by atomic mass is 9.71. The van der Waals surface area contributed by atoms with E-state index < -0.39 is 8.69 Å². The molecule has 4 heteroatoms. The van der Waals surface area contributed by atoms with Gasteiger partial charge in [0.05, 0.1) is 0 Å². The smallest absolute Gasteiger partial charge is 0.414 e. The molecule has 0 radical (unpaired) electrons. The molecular weight excluding hydrogens is 454 g/mol. The van der Waals surface area contributed by atoms with E-state index in [1.165, 1.54) is 16.7 Å². The maximum Gasteiger partial charge on any atom is 0.505 e. The minimum atomic E-state index is -2.63. The van der Waals surface area contributed by atoms with Crippen LogP contribution in [0.1, 0.15) is 120 Å². The van der Waals surface area contributed by atoms with Crippen molar-refractivity contribution in [1.29, 1.82) is 0 Å². The molecule has 2 aliphatic rings. The second-order valence-electron chi connectivity index (χ2n) is 14.2. The molecule has 0 spiro atoms. The van der Waals surface area contributed by atoms with Crippen LogP contribution >= 0.6 is 8.69 Å². The molecule has 1 unspecified atom stereocenters. The molecule has 2 nitrogen and oxygen atoms in total. The molecule has 0 saturated carbocycles. The van der Waals surface area contributed by atoms with Crippen molar-refractivity contribution in [2.45, 2.75) is 114 Å². The lowest BCUT2D eigenvalue weighted by molar-refractivity contribution is 0.345. The second-order valence-corrected chi connectivity index (χ2v) is 15.0. The standard InChI is InChI=1S/C31H46FO2P/c1-14-21-22-15-19(28(2,3)4)17-24(30(8,9)10)26(22)33-35(32)34-27-23(21)16-20(29(5,6)7)18-25(27)31(11,12)13/h15,17-18H,14,16H2,1-13H3/b23-21-. The molecule has 0 bridgehead atoms. The van der Waals surface area contributed by atoms with Gasteiger partial charge in [0.1, 0.15) is 11.5 Å². The lowest BCUT2D eigenvalue weighted by Crippen LogP contribution is -2.23. The first kappa shape index (κ1) is 28.0. The van der Waals surface area contributed by atoms with E-state index in [4.69, 9.17) is 9.05 Å². The van der Waals surface area contributed by atoms with Crippen molar-refractivity contribution >= 4 is 14.3 Å². The Balaban J connectivity index is 2.51. The summed E-state index contributed by atoms with van der Waals surface area (Å²) in [6.07, 6.45) is 3.83. The topological polar surface area (TPSA) is 18.5 Å². The summed E-state index contributed by atoms with van der Waals surface area (Å²) in [6, 6.07) is 4.45. The number of fused-ring (bicyclic) bond motifs is 2. The van der Waals surface area contributed by atoms with Gasteiger partial charge in [0.25, 0.3) is 0 Å². The molecule has 35 heavy (non-hydrogen) atoms. The van der Waals surface area contributed by atoms with Gasteiger partial charge in [-0.05, 0) is 51.7 Å². The van der Waals surface area contributed by atoms with Crippen molar-refractivity contribution in [2.75, 3.05) is 0 Å². The van der Waals surface area contributed by atoms with Crippen LogP contribution in [0, 0.1) is 10.8 Å². The van der Waals surface area contributed by atoms with Crippen LogP contribution in [0.15, 0.2) is 40.7 Å². The molecule has 1 aliphatic carbocycles. The minimum Gasteiger partial charge on any atom is -0.414 e. The third-order valence-electron chi connectivity index (χ3n) is 7.11. The summed E-state index contributed by atoms with van der Waals surface area (Å²) in [5, 5.41) is 0. The number of allylic oxidation sites excluding steroid dienone is 5. The van der Waals surface area contributed by atoms with E-state index in [1.54, 1.807) is 0 Å². The average Bonchev–Trinajstić information content (AvgIpc) is 2.65. The van der Waals surface area contributed by atoms with E-state index in [0.717, 1.165) is 35.1 Å². The highest BCUT2D eigenvalue weighted by atomic mass is 31.2. The molecule has 0 aromatic heterocycles. The fourth-order valence-electron chi connectivity index (χ4n) is 4.78. The van der Waals surface area contributed by atoms with Crippen molar-refractivity contribution in [3.8, 4) is 5.75 Å². The van der Waals surface area contributed by atoms with Gasteiger partial charge in [-0.1, -0.05) is 108 Å². The monoisotopic (exact) mass is 500 g/mol. The van der Waals surface area contributed by atoms with Gasteiger partial charge in [0.2, 0.25) is 0 Å².